The standard InChI is InChI=1S/C8H18N5O2P/c9-8(10)12-4-2-1-3-11-6(15)7(16)13-5-14/h5,7H,1-4,16H2,(H,11,15)(H,13,14)(H4,9,10,12). The lowest BCUT2D eigenvalue weighted by atomic mass is 10.3. The molecule has 8 heteroatoms. The van der Waals surface area contributed by atoms with E-state index in [2.05, 4.69) is 24.9 Å². The smallest absolute Gasteiger partial charge is 0.246 e. The van der Waals surface area contributed by atoms with Crippen LogP contribution in [0.3, 0.4) is 0 Å². The number of carbonyl (C=O) groups is 2. The van der Waals surface area contributed by atoms with Gasteiger partial charge in [0.05, 0.1) is 0 Å². The van der Waals surface area contributed by atoms with Crippen molar-refractivity contribution in [2.75, 3.05) is 13.1 Å². The summed E-state index contributed by atoms with van der Waals surface area (Å²) in [7, 11) is 2.23. The van der Waals surface area contributed by atoms with Crippen LogP contribution in [0.2, 0.25) is 0 Å². The van der Waals surface area contributed by atoms with Crippen molar-refractivity contribution in [3.05, 3.63) is 0 Å². The monoisotopic (exact) mass is 247 g/mol. The lowest BCUT2D eigenvalue weighted by Gasteiger charge is -2.10. The molecule has 0 aliphatic heterocycles. The van der Waals surface area contributed by atoms with Crippen molar-refractivity contribution in [2.45, 2.75) is 18.6 Å². The third-order valence-corrected chi connectivity index (χ3v) is 2.20. The van der Waals surface area contributed by atoms with Crippen molar-refractivity contribution in [3.8, 4) is 0 Å². The van der Waals surface area contributed by atoms with Crippen molar-refractivity contribution in [1.29, 1.82) is 0 Å². The van der Waals surface area contributed by atoms with Gasteiger partial charge >= 0.3 is 0 Å². The second kappa shape index (κ2) is 8.91. The predicted molar refractivity (Wildman–Crippen MR) is 65.6 cm³/mol. The summed E-state index contributed by atoms with van der Waals surface area (Å²) in [4.78, 5) is 25.1. The summed E-state index contributed by atoms with van der Waals surface area (Å²) in [5, 5.41) is 4.99. The van der Waals surface area contributed by atoms with E-state index in [-0.39, 0.29) is 11.9 Å². The summed E-state index contributed by atoms with van der Waals surface area (Å²) in [6.45, 7) is 1.08. The normalized spacial score (nSPS) is 11.3. The number of amides is 2. The number of aliphatic imine (C=N–C) groups is 1. The number of guanidine groups is 1. The number of hydrogen-bond donors (Lipinski definition) is 4. The van der Waals surface area contributed by atoms with Crippen molar-refractivity contribution >= 4 is 27.5 Å². The first-order valence-electron chi connectivity index (χ1n) is 4.86. The van der Waals surface area contributed by atoms with E-state index in [0.717, 1.165) is 12.8 Å². The molecule has 7 nitrogen and oxygen atoms in total. The predicted octanol–water partition coefficient (Wildman–Crippen LogP) is -1.90. The van der Waals surface area contributed by atoms with E-state index in [1.165, 1.54) is 0 Å². The molecule has 0 aromatic carbocycles. The molecule has 0 fully saturated rings. The summed E-state index contributed by atoms with van der Waals surface area (Å²) in [6.07, 6.45) is 2.05. The summed E-state index contributed by atoms with van der Waals surface area (Å²) in [6, 6.07) is 0. The van der Waals surface area contributed by atoms with Gasteiger partial charge in [0.25, 0.3) is 0 Å². The van der Waals surface area contributed by atoms with Crippen LogP contribution in [-0.4, -0.2) is 37.1 Å². The molecule has 0 aliphatic carbocycles. The van der Waals surface area contributed by atoms with Gasteiger partial charge in [-0.25, -0.2) is 0 Å². The Bertz CT molecular complexity index is 255. The Morgan fingerprint density at radius 1 is 1.44 bits per heavy atom. The number of unbranched alkanes of at least 4 members (excludes halogenated alkanes) is 1. The van der Waals surface area contributed by atoms with Crippen molar-refractivity contribution in [2.24, 2.45) is 16.5 Å². The summed E-state index contributed by atoms with van der Waals surface area (Å²) >= 11 is 0. The fourth-order valence-corrected chi connectivity index (χ4v) is 1.11. The lowest BCUT2D eigenvalue weighted by molar-refractivity contribution is -0.123. The van der Waals surface area contributed by atoms with Gasteiger partial charge in [0.1, 0.15) is 5.78 Å². The van der Waals surface area contributed by atoms with Gasteiger partial charge < -0.3 is 22.1 Å². The Kier molecular flexibility index (Phi) is 8.15. The number of nitrogens with zero attached hydrogens (tertiary/aromatic N) is 1. The van der Waals surface area contributed by atoms with Crippen LogP contribution in [0.1, 0.15) is 12.8 Å². The number of nitrogens with two attached hydrogens (primary N) is 2. The number of rotatable bonds is 8. The Morgan fingerprint density at radius 2 is 2.12 bits per heavy atom. The van der Waals surface area contributed by atoms with Crippen molar-refractivity contribution in [1.82, 2.24) is 10.6 Å². The molecule has 92 valence electrons. The Balaban J connectivity index is 3.48. The molecule has 0 bridgehead atoms. The van der Waals surface area contributed by atoms with E-state index in [0.29, 0.717) is 19.5 Å². The maximum Gasteiger partial charge on any atom is 0.246 e. The topological polar surface area (TPSA) is 123 Å². The molecule has 0 saturated heterocycles. The minimum absolute atomic E-state index is 0.0734. The fourth-order valence-electron chi connectivity index (χ4n) is 0.915. The Hall–Kier alpha value is -1.36. The highest BCUT2D eigenvalue weighted by molar-refractivity contribution is 7.19. The van der Waals surface area contributed by atoms with Gasteiger partial charge in [0, 0.05) is 13.1 Å². The van der Waals surface area contributed by atoms with Crippen LogP contribution in [0, 0.1) is 0 Å². The molecular weight excluding hydrogens is 229 g/mol. The minimum atomic E-state index is -0.588. The van der Waals surface area contributed by atoms with E-state index >= 15 is 0 Å². The second-order valence-electron chi connectivity index (χ2n) is 3.07. The zero-order valence-corrected chi connectivity index (χ0v) is 10.1. The lowest BCUT2D eigenvalue weighted by Crippen LogP contribution is -2.39. The molecule has 0 aromatic rings. The Morgan fingerprint density at radius 3 is 2.69 bits per heavy atom. The molecule has 2 unspecified atom stereocenters. The largest absolute Gasteiger partial charge is 0.370 e. The number of hydrogen-bond acceptors (Lipinski definition) is 3. The average Bonchev–Trinajstić information content (AvgIpc) is 2.22. The molecule has 16 heavy (non-hydrogen) atoms. The van der Waals surface area contributed by atoms with Crippen LogP contribution >= 0.6 is 9.24 Å². The summed E-state index contributed by atoms with van der Waals surface area (Å²) in [5.41, 5.74) is 10.3. The molecule has 6 N–H and O–H groups in total. The molecule has 0 radical (unpaired) electrons. The second-order valence-corrected chi connectivity index (χ2v) is 3.73. The van der Waals surface area contributed by atoms with Crippen LogP contribution in [0.25, 0.3) is 0 Å². The van der Waals surface area contributed by atoms with Gasteiger partial charge in [0.15, 0.2) is 5.96 Å². The molecule has 2 amide bonds. The van der Waals surface area contributed by atoms with E-state index in [4.69, 9.17) is 11.5 Å². The van der Waals surface area contributed by atoms with Crippen LogP contribution < -0.4 is 22.1 Å². The molecule has 2 atom stereocenters. The van der Waals surface area contributed by atoms with Gasteiger partial charge in [-0.1, -0.05) is 0 Å². The average molecular weight is 247 g/mol. The molecule has 0 saturated carbocycles. The van der Waals surface area contributed by atoms with E-state index < -0.39 is 5.78 Å². The van der Waals surface area contributed by atoms with Gasteiger partial charge in [-0.05, 0) is 12.8 Å². The maximum absolute atomic E-state index is 11.3. The molecule has 0 aliphatic rings. The third-order valence-electron chi connectivity index (χ3n) is 1.71. The van der Waals surface area contributed by atoms with E-state index in [1.807, 2.05) is 0 Å². The fraction of sp³-hybridized carbons (Fsp3) is 0.625. The Labute approximate surface area is 96.6 Å². The first-order chi connectivity index (χ1) is 7.57. The highest BCUT2D eigenvalue weighted by Gasteiger charge is 2.09. The van der Waals surface area contributed by atoms with Crippen LogP contribution in [0.5, 0.6) is 0 Å². The summed E-state index contributed by atoms with van der Waals surface area (Å²) in [5.74, 6) is -0.751. The highest BCUT2D eigenvalue weighted by Crippen LogP contribution is 1.94. The number of nitrogens with one attached hydrogen (secondary N) is 2. The first-order valence-corrected chi connectivity index (χ1v) is 5.53. The van der Waals surface area contributed by atoms with Crippen molar-refractivity contribution in [3.63, 3.8) is 0 Å². The molecular formula is C8H18N5O2P. The zero-order valence-electron chi connectivity index (χ0n) is 8.98. The highest BCUT2D eigenvalue weighted by atomic mass is 31.0. The molecule has 0 rings (SSSR count). The molecule has 0 spiro atoms. The maximum atomic E-state index is 11.3. The third kappa shape index (κ3) is 7.99. The van der Waals surface area contributed by atoms with Gasteiger partial charge in [0.2, 0.25) is 12.3 Å². The summed E-state index contributed by atoms with van der Waals surface area (Å²) < 4.78 is 0. The van der Waals surface area contributed by atoms with Crippen LogP contribution in [0.4, 0.5) is 0 Å². The SMILES string of the molecule is NC(N)=NCCCCNC(=O)C(P)NC=O. The van der Waals surface area contributed by atoms with Gasteiger partial charge in [-0.2, -0.15) is 0 Å². The molecule has 0 aromatic heterocycles. The van der Waals surface area contributed by atoms with Gasteiger partial charge in [-0.15, -0.1) is 9.24 Å². The van der Waals surface area contributed by atoms with Crippen LogP contribution in [-0.2, 0) is 9.59 Å². The van der Waals surface area contributed by atoms with Gasteiger partial charge in [-0.3, -0.25) is 14.6 Å². The van der Waals surface area contributed by atoms with E-state index in [9.17, 15) is 9.59 Å². The quantitative estimate of drug-likeness (QED) is 0.131. The zero-order chi connectivity index (χ0) is 12.4. The van der Waals surface area contributed by atoms with Crippen LogP contribution in [0.15, 0.2) is 4.99 Å². The molecule has 0 heterocycles. The first kappa shape index (κ1) is 14.6. The van der Waals surface area contributed by atoms with Crippen molar-refractivity contribution < 1.29 is 9.59 Å². The minimum Gasteiger partial charge on any atom is -0.370 e. The number of carbonyl (C=O) groups excluding carboxylic acids is 2. The van der Waals surface area contributed by atoms with E-state index in [1.54, 1.807) is 0 Å².